The van der Waals surface area contributed by atoms with Crippen LogP contribution in [0.3, 0.4) is 0 Å². The molecular formula is C15H16F3N7OS. The van der Waals surface area contributed by atoms with Crippen molar-refractivity contribution in [2.24, 2.45) is 0 Å². The lowest BCUT2D eigenvalue weighted by molar-refractivity contribution is -0.138. The molecule has 1 saturated heterocycles. The van der Waals surface area contributed by atoms with Gasteiger partial charge in [-0.1, -0.05) is 11.3 Å². The predicted octanol–water partition coefficient (Wildman–Crippen LogP) is 1.27. The van der Waals surface area contributed by atoms with Crippen molar-refractivity contribution >= 4 is 28.2 Å². The average molecular weight is 399 g/mol. The van der Waals surface area contributed by atoms with Crippen LogP contribution in [0.4, 0.5) is 24.1 Å². The largest absolute Gasteiger partial charge is 0.445 e. The van der Waals surface area contributed by atoms with Gasteiger partial charge in [-0.05, 0) is 13.3 Å². The number of piperazine rings is 1. The Morgan fingerprint density at radius 3 is 2.44 bits per heavy atom. The normalized spacial score (nSPS) is 17.7. The van der Waals surface area contributed by atoms with E-state index in [1.807, 2.05) is 4.90 Å². The lowest BCUT2D eigenvalue weighted by atomic mass is 10.1. The minimum absolute atomic E-state index is 0.199. The van der Waals surface area contributed by atoms with Crippen LogP contribution < -0.4 is 15.1 Å². The van der Waals surface area contributed by atoms with E-state index in [0.717, 1.165) is 11.4 Å². The Hall–Kier alpha value is -2.50. The number of aromatic nitrogens is 4. The molecular weight excluding hydrogens is 383 g/mol. The summed E-state index contributed by atoms with van der Waals surface area (Å²) in [5.41, 5.74) is 1.23. The quantitative estimate of drug-likeness (QED) is 0.814. The van der Waals surface area contributed by atoms with Crippen molar-refractivity contribution in [3.8, 4) is 0 Å². The molecule has 0 bridgehead atoms. The monoisotopic (exact) mass is 399 g/mol. The van der Waals surface area contributed by atoms with Gasteiger partial charge in [0.05, 0.1) is 0 Å². The summed E-state index contributed by atoms with van der Waals surface area (Å²) in [7, 11) is 0. The second kappa shape index (κ2) is 6.59. The van der Waals surface area contributed by atoms with Crippen molar-refractivity contribution < 1.29 is 18.0 Å². The molecule has 0 aliphatic carbocycles. The Morgan fingerprint density at radius 1 is 1.07 bits per heavy atom. The number of hydrogen-bond acceptors (Lipinski definition) is 8. The number of rotatable bonds is 2. The number of nitrogens with one attached hydrogen (secondary N) is 1. The second-order valence-corrected chi connectivity index (χ2v) is 7.25. The summed E-state index contributed by atoms with van der Waals surface area (Å²) in [6.45, 7) is 4.39. The zero-order valence-electron chi connectivity index (χ0n) is 14.4. The summed E-state index contributed by atoms with van der Waals surface area (Å²) in [4.78, 5) is 24.7. The first kappa shape index (κ1) is 17.9. The molecule has 2 aliphatic heterocycles. The molecule has 2 aromatic heterocycles. The molecule has 4 rings (SSSR count). The van der Waals surface area contributed by atoms with E-state index in [0.29, 0.717) is 62.0 Å². The van der Waals surface area contributed by atoms with Gasteiger partial charge in [-0.3, -0.25) is 4.79 Å². The molecule has 1 amide bonds. The smallest absolute Gasteiger partial charge is 0.353 e. The number of halogens is 3. The Kier molecular flexibility index (Phi) is 4.36. The highest BCUT2D eigenvalue weighted by Crippen LogP contribution is 2.35. The summed E-state index contributed by atoms with van der Waals surface area (Å²) >= 11 is 0.551. The van der Waals surface area contributed by atoms with E-state index >= 15 is 0 Å². The van der Waals surface area contributed by atoms with E-state index in [1.165, 1.54) is 0 Å². The molecule has 12 heteroatoms. The summed E-state index contributed by atoms with van der Waals surface area (Å²) in [6.07, 6.45) is -3.82. The molecule has 0 saturated carbocycles. The Labute approximate surface area is 156 Å². The van der Waals surface area contributed by atoms with Gasteiger partial charge in [0.15, 0.2) is 0 Å². The molecule has 144 valence electrons. The first-order valence-electron chi connectivity index (χ1n) is 8.39. The van der Waals surface area contributed by atoms with Crippen LogP contribution >= 0.6 is 11.3 Å². The van der Waals surface area contributed by atoms with Crippen LogP contribution in [-0.4, -0.2) is 58.8 Å². The van der Waals surface area contributed by atoms with E-state index in [2.05, 4.69) is 25.5 Å². The average Bonchev–Trinajstić information content (AvgIpc) is 3.13. The molecule has 8 nitrogen and oxygen atoms in total. The molecule has 4 heterocycles. The highest BCUT2D eigenvalue weighted by atomic mass is 32.1. The number of anilines is 2. The predicted molar refractivity (Wildman–Crippen MR) is 92.1 cm³/mol. The summed E-state index contributed by atoms with van der Waals surface area (Å²) in [5, 5.41) is 9.02. The maximum Gasteiger partial charge on any atom is 0.445 e. The molecule has 0 aromatic carbocycles. The zero-order valence-corrected chi connectivity index (χ0v) is 15.2. The van der Waals surface area contributed by atoms with Crippen molar-refractivity contribution in [3.63, 3.8) is 0 Å². The molecule has 0 unspecified atom stereocenters. The molecule has 0 atom stereocenters. The van der Waals surface area contributed by atoms with Gasteiger partial charge in [0, 0.05) is 38.3 Å². The van der Waals surface area contributed by atoms with Gasteiger partial charge in [-0.15, -0.1) is 10.2 Å². The maximum absolute atomic E-state index is 12.7. The molecule has 2 aliphatic rings. The maximum atomic E-state index is 12.7. The minimum Gasteiger partial charge on any atom is -0.353 e. The highest BCUT2D eigenvalue weighted by Gasteiger charge is 2.36. The molecule has 1 N–H and O–H groups in total. The fourth-order valence-corrected chi connectivity index (χ4v) is 3.98. The molecule has 2 aromatic rings. The SMILES string of the molecule is Cc1nc2c(c(N3CCN(c4nnc(C(F)(F)F)s4)CC3)n1)CCNC2=O. The van der Waals surface area contributed by atoms with Gasteiger partial charge in [-0.25, -0.2) is 9.97 Å². The van der Waals surface area contributed by atoms with Gasteiger partial charge in [0.1, 0.15) is 17.3 Å². The summed E-state index contributed by atoms with van der Waals surface area (Å²) < 4.78 is 38.1. The lowest BCUT2D eigenvalue weighted by Crippen LogP contribution is -2.48. The van der Waals surface area contributed by atoms with Gasteiger partial charge in [0.25, 0.3) is 5.91 Å². The third-order valence-corrected chi connectivity index (χ3v) is 5.51. The molecule has 27 heavy (non-hydrogen) atoms. The second-order valence-electron chi connectivity index (χ2n) is 6.29. The number of fused-ring (bicyclic) bond motifs is 1. The van der Waals surface area contributed by atoms with Crippen molar-refractivity contribution in [2.75, 3.05) is 42.5 Å². The van der Waals surface area contributed by atoms with E-state index in [1.54, 1.807) is 11.8 Å². The van der Waals surface area contributed by atoms with Gasteiger partial charge < -0.3 is 15.1 Å². The standard InChI is InChI=1S/C15H16F3N7OS/c1-8-20-10-9(2-3-19-12(10)26)11(21-8)24-4-6-25(7-5-24)14-23-22-13(27-14)15(16,17)18/h2-7H2,1H3,(H,19,26). The number of carbonyl (C=O) groups is 1. The van der Waals surface area contributed by atoms with Gasteiger partial charge >= 0.3 is 6.18 Å². The fourth-order valence-electron chi connectivity index (χ4n) is 3.21. The number of alkyl halides is 3. The van der Waals surface area contributed by atoms with E-state index in [-0.39, 0.29) is 11.0 Å². The van der Waals surface area contributed by atoms with Crippen molar-refractivity contribution in [1.82, 2.24) is 25.5 Å². The first-order chi connectivity index (χ1) is 12.8. The fraction of sp³-hybridized carbons (Fsp3) is 0.533. The van der Waals surface area contributed by atoms with Crippen LogP contribution in [0.25, 0.3) is 0 Å². The number of nitrogens with zero attached hydrogens (tertiary/aromatic N) is 6. The Bertz CT molecular complexity index is 877. The van der Waals surface area contributed by atoms with Crippen LogP contribution in [0, 0.1) is 6.92 Å². The van der Waals surface area contributed by atoms with Crippen molar-refractivity contribution in [3.05, 3.63) is 22.1 Å². The van der Waals surface area contributed by atoms with Crippen LogP contribution in [-0.2, 0) is 12.6 Å². The van der Waals surface area contributed by atoms with Gasteiger partial charge in [-0.2, -0.15) is 13.2 Å². The third kappa shape index (κ3) is 3.40. The third-order valence-electron chi connectivity index (χ3n) is 4.48. The number of hydrogen-bond donors (Lipinski definition) is 1. The van der Waals surface area contributed by atoms with Gasteiger partial charge in [0.2, 0.25) is 10.1 Å². The van der Waals surface area contributed by atoms with Crippen LogP contribution in [0.2, 0.25) is 0 Å². The number of amides is 1. The minimum atomic E-state index is -4.48. The van der Waals surface area contributed by atoms with E-state index in [4.69, 9.17) is 0 Å². The molecule has 0 radical (unpaired) electrons. The zero-order chi connectivity index (χ0) is 19.2. The molecule has 1 fully saturated rings. The summed E-state index contributed by atoms with van der Waals surface area (Å²) in [6, 6.07) is 0. The lowest BCUT2D eigenvalue weighted by Gasteiger charge is -2.36. The Balaban J connectivity index is 1.52. The molecule has 0 spiro atoms. The van der Waals surface area contributed by atoms with E-state index in [9.17, 15) is 18.0 Å². The number of aryl methyl sites for hydroxylation is 1. The number of carbonyl (C=O) groups excluding carboxylic acids is 1. The van der Waals surface area contributed by atoms with Crippen LogP contribution in [0.5, 0.6) is 0 Å². The van der Waals surface area contributed by atoms with Crippen molar-refractivity contribution in [2.45, 2.75) is 19.5 Å². The van der Waals surface area contributed by atoms with Crippen LogP contribution in [0.15, 0.2) is 0 Å². The van der Waals surface area contributed by atoms with Crippen molar-refractivity contribution in [1.29, 1.82) is 0 Å². The van der Waals surface area contributed by atoms with E-state index < -0.39 is 11.2 Å². The summed E-state index contributed by atoms with van der Waals surface area (Å²) in [5.74, 6) is 1.05. The Morgan fingerprint density at radius 2 is 1.78 bits per heavy atom. The van der Waals surface area contributed by atoms with Crippen LogP contribution in [0.1, 0.15) is 26.9 Å². The highest BCUT2D eigenvalue weighted by molar-refractivity contribution is 7.15. The first-order valence-corrected chi connectivity index (χ1v) is 9.21. The topological polar surface area (TPSA) is 87.1 Å².